The van der Waals surface area contributed by atoms with Crippen molar-refractivity contribution in [3.8, 4) is 6.07 Å². The molecule has 1 aliphatic heterocycles. The van der Waals surface area contributed by atoms with Gasteiger partial charge in [0.25, 0.3) is 0 Å². The molecule has 4 nitrogen and oxygen atoms in total. The summed E-state index contributed by atoms with van der Waals surface area (Å²) >= 11 is 0. The number of nitrogens with zero attached hydrogens (tertiary/aromatic N) is 1. The van der Waals surface area contributed by atoms with Crippen LogP contribution >= 0.6 is 0 Å². The first-order valence-electron chi connectivity index (χ1n) is 11.5. The van der Waals surface area contributed by atoms with E-state index in [1.807, 2.05) is 0 Å². The lowest BCUT2D eigenvalue weighted by molar-refractivity contribution is -0.171. The Bertz CT molecular complexity index is 800. The molecule has 158 valence electrons. The van der Waals surface area contributed by atoms with Crippen molar-refractivity contribution in [3.05, 3.63) is 23.3 Å². The van der Waals surface area contributed by atoms with Crippen LogP contribution in [0.15, 0.2) is 23.3 Å². The molecular formula is C24H35NO3Si. The molecule has 0 aromatic heterocycles. The fraction of sp³-hybridized carbons (Fsp3) is 0.792. The normalized spacial score (nSPS) is 43.1. The van der Waals surface area contributed by atoms with Crippen LogP contribution in [0.3, 0.4) is 0 Å². The number of fused-ring (bicyclic) bond motifs is 5. The van der Waals surface area contributed by atoms with Gasteiger partial charge in [0.15, 0.2) is 14.1 Å². The summed E-state index contributed by atoms with van der Waals surface area (Å²) in [6.45, 7) is 10.5. The highest BCUT2D eigenvalue weighted by molar-refractivity contribution is 6.69. The molecule has 4 aliphatic carbocycles. The largest absolute Gasteiger partial charge is 0.399 e. The van der Waals surface area contributed by atoms with Crippen molar-refractivity contribution in [1.82, 2.24) is 0 Å². The lowest BCUT2D eigenvalue weighted by Crippen LogP contribution is -2.54. The first-order chi connectivity index (χ1) is 13.7. The van der Waals surface area contributed by atoms with E-state index in [4.69, 9.17) is 13.9 Å². The molecule has 0 radical (unpaired) electrons. The second-order valence-corrected chi connectivity index (χ2v) is 15.5. The molecule has 0 N–H and O–H groups in total. The molecule has 1 saturated heterocycles. The summed E-state index contributed by atoms with van der Waals surface area (Å²) in [5, 5.41) is 10.3. The van der Waals surface area contributed by atoms with Crippen molar-refractivity contribution in [1.29, 1.82) is 5.26 Å². The van der Waals surface area contributed by atoms with Gasteiger partial charge in [0.2, 0.25) is 0 Å². The number of ether oxygens (including phenoxy) is 2. The minimum Gasteiger partial charge on any atom is -0.399 e. The molecule has 3 fully saturated rings. The first-order valence-corrected chi connectivity index (χ1v) is 14.9. The minimum absolute atomic E-state index is 0.0743. The Morgan fingerprint density at radius 2 is 1.90 bits per heavy atom. The molecule has 0 unspecified atom stereocenters. The van der Waals surface area contributed by atoms with Crippen molar-refractivity contribution >= 4 is 8.32 Å². The van der Waals surface area contributed by atoms with Gasteiger partial charge in [0, 0.05) is 24.2 Å². The van der Waals surface area contributed by atoms with Crippen LogP contribution in [-0.2, 0) is 13.9 Å². The van der Waals surface area contributed by atoms with Crippen LogP contribution in [0, 0.1) is 34.5 Å². The van der Waals surface area contributed by atoms with Gasteiger partial charge in [-0.2, -0.15) is 5.26 Å². The van der Waals surface area contributed by atoms with E-state index in [2.05, 4.69) is 44.8 Å². The fourth-order valence-corrected chi connectivity index (χ4v) is 8.65. The zero-order chi connectivity index (χ0) is 20.5. The Kier molecular flexibility index (Phi) is 4.50. The molecule has 5 aliphatic rings. The summed E-state index contributed by atoms with van der Waals surface area (Å²) in [5.41, 5.74) is 2.50. The topological polar surface area (TPSA) is 51.5 Å². The minimum atomic E-state index is -1.81. The van der Waals surface area contributed by atoms with E-state index in [-0.39, 0.29) is 11.2 Å². The first kappa shape index (κ1) is 20.0. The Balaban J connectivity index is 1.44. The summed E-state index contributed by atoms with van der Waals surface area (Å²) in [6, 6.07) is 2.69. The molecule has 0 aromatic rings. The fourth-order valence-electron chi connectivity index (χ4n) is 7.22. The summed E-state index contributed by atoms with van der Waals surface area (Å²) in [4.78, 5) is 0. The number of rotatable bonds is 2. The van der Waals surface area contributed by atoms with Crippen molar-refractivity contribution in [2.24, 2.45) is 23.2 Å². The highest BCUT2D eigenvalue weighted by atomic mass is 28.4. The highest BCUT2D eigenvalue weighted by Crippen LogP contribution is 2.64. The van der Waals surface area contributed by atoms with Crippen LogP contribution in [0.1, 0.15) is 51.9 Å². The van der Waals surface area contributed by atoms with Crippen molar-refractivity contribution in [2.45, 2.75) is 82.9 Å². The van der Waals surface area contributed by atoms with Gasteiger partial charge >= 0.3 is 0 Å². The van der Waals surface area contributed by atoms with Gasteiger partial charge in [-0.15, -0.1) is 0 Å². The van der Waals surface area contributed by atoms with E-state index in [1.165, 1.54) is 5.57 Å². The monoisotopic (exact) mass is 413 g/mol. The Labute approximate surface area is 176 Å². The number of nitriles is 1. The number of hydrogen-bond acceptors (Lipinski definition) is 4. The van der Waals surface area contributed by atoms with Crippen LogP contribution in [0.4, 0.5) is 0 Å². The average molecular weight is 414 g/mol. The molecule has 5 heteroatoms. The summed E-state index contributed by atoms with van der Waals surface area (Å²) in [7, 11) is -1.81. The summed E-state index contributed by atoms with van der Waals surface area (Å²) in [5.74, 6) is 1.34. The summed E-state index contributed by atoms with van der Waals surface area (Å²) < 4.78 is 18.7. The van der Waals surface area contributed by atoms with Crippen LogP contribution in [0.2, 0.25) is 19.6 Å². The van der Waals surface area contributed by atoms with Crippen LogP contribution < -0.4 is 0 Å². The quantitative estimate of drug-likeness (QED) is 0.453. The molecule has 0 bridgehead atoms. The summed E-state index contributed by atoms with van der Waals surface area (Å²) in [6.07, 6.45) is 12.2. The van der Waals surface area contributed by atoms with Crippen LogP contribution in [0.5, 0.6) is 0 Å². The van der Waals surface area contributed by atoms with Gasteiger partial charge in [0.1, 0.15) is 5.60 Å². The van der Waals surface area contributed by atoms with Crippen molar-refractivity contribution < 1.29 is 13.9 Å². The third-order valence-electron chi connectivity index (χ3n) is 8.47. The molecule has 2 saturated carbocycles. The second-order valence-electron chi connectivity index (χ2n) is 11.1. The van der Waals surface area contributed by atoms with Crippen LogP contribution in [-0.4, -0.2) is 32.9 Å². The third kappa shape index (κ3) is 2.94. The lowest BCUT2D eigenvalue weighted by atomic mass is 9.55. The molecule has 0 aromatic carbocycles. The van der Waals surface area contributed by atoms with E-state index < -0.39 is 13.9 Å². The molecule has 5 rings (SSSR count). The van der Waals surface area contributed by atoms with E-state index in [0.717, 1.165) is 58.2 Å². The predicted molar refractivity (Wildman–Crippen MR) is 114 cm³/mol. The van der Waals surface area contributed by atoms with E-state index in [9.17, 15) is 5.26 Å². The maximum Gasteiger partial charge on any atom is 0.185 e. The van der Waals surface area contributed by atoms with Crippen LogP contribution in [0.25, 0.3) is 0 Å². The predicted octanol–water partition coefficient (Wildman–Crippen LogP) is 5.34. The van der Waals surface area contributed by atoms with E-state index in [0.29, 0.717) is 17.8 Å². The molecule has 0 amide bonds. The molecule has 1 spiro atoms. The molecule has 1 heterocycles. The van der Waals surface area contributed by atoms with Gasteiger partial charge in [-0.1, -0.05) is 30.2 Å². The Hall–Kier alpha value is -0.933. The van der Waals surface area contributed by atoms with Crippen molar-refractivity contribution in [2.75, 3.05) is 13.2 Å². The smallest absolute Gasteiger partial charge is 0.185 e. The number of allylic oxidation sites excluding steroid dienone is 3. The average Bonchev–Trinajstić information content (AvgIpc) is 3.23. The third-order valence-corrected chi connectivity index (χ3v) is 9.43. The SMILES string of the molecule is C[C@]12CC=C3[C@H]4CCC5(CC4=CC[C@H]3[C@@H]1CC[C@@]2(C#N)O[Si](C)(C)C)OCCO5. The highest BCUT2D eigenvalue weighted by Gasteiger charge is 2.63. The van der Waals surface area contributed by atoms with Gasteiger partial charge in [0.05, 0.1) is 19.3 Å². The van der Waals surface area contributed by atoms with Gasteiger partial charge < -0.3 is 13.9 Å². The molecule has 29 heavy (non-hydrogen) atoms. The standard InChI is InChI=1S/C24H35NO3Si/c1-22-10-7-19-18-8-12-24(26-13-14-27-24)15-17(18)5-6-20(19)21(22)9-11-23(22,16-25)28-29(2,3)4/h5,7,18,20-21H,6,8-15H2,1-4H3/t18-,20+,21-,22-,23-/m0/s1. The molecular weight excluding hydrogens is 378 g/mol. The Morgan fingerprint density at radius 3 is 2.59 bits per heavy atom. The zero-order valence-corrected chi connectivity index (χ0v) is 19.4. The Morgan fingerprint density at radius 1 is 1.14 bits per heavy atom. The zero-order valence-electron chi connectivity index (χ0n) is 18.4. The maximum absolute atomic E-state index is 10.3. The van der Waals surface area contributed by atoms with Gasteiger partial charge in [-0.05, 0) is 63.6 Å². The van der Waals surface area contributed by atoms with Gasteiger partial charge in [-0.3, -0.25) is 0 Å². The number of hydrogen-bond donors (Lipinski definition) is 0. The maximum atomic E-state index is 10.3. The molecule has 5 atom stereocenters. The van der Waals surface area contributed by atoms with E-state index >= 15 is 0 Å². The lowest BCUT2D eigenvalue weighted by Gasteiger charge is -2.52. The van der Waals surface area contributed by atoms with Gasteiger partial charge in [-0.25, -0.2) is 0 Å². The van der Waals surface area contributed by atoms with E-state index in [1.54, 1.807) is 5.57 Å². The van der Waals surface area contributed by atoms with Crippen molar-refractivity contribution in [3.63, 3.8) is 0 Å². The second kappa shape index (κ2) is 6.53.